The second-order valence-corrected chi connectivity index (χ2v) is 4.59. The predicted molar refractivity (Wildman–Crippen MR) is 76.4 cm³/mol. The van der Waals surface area contributed by atoms with Crippen molar-refractivity contribution in [3.8, 4) is 17.6 Å². The average molecular weight is 251 g/mol. The van der Waals surface area contributed by atoms with Crippen molar-refractivity contribution in [1.29, 1.82) is 5.26 Å². The smallest absolute Gasteiger partial charge is 0.145 e. The van der Waals surface area contributed by atoms with Crippen LogP contribution < -0.4 is 4.74 Å². The third-order valence-corrected chi connectivity index (χ3v) is 3.30. The summed E-state index contributed by atoms with van der Waals surface area (Å²) in [5.41, 5.74) is 1.86. The van der Waals surface area contributed by atoms with Gasteiger partial charge in [-0.25, -0.2) is 0 Å². The summed E-state index contributed by atoms with van der Waals surface area (Å²) >= 11 is 0. The summed E-state index contributed by atoms with van der Waals surface area (Å²) in [7, 11) is 0. The van der Waals surface area contributed by atoms with Gasteiger partial charge in [0.2, 0.25) is 0 Å². The fourth-order valence-electron chi connectivity index (χ4n) is 1.88. The Bertz CT molecular complexity index is 581. The minimum absolute atomic E-state index is 0.550. The van der Waals surface area contributed by atoms with E-state index in [2.05, 4.69) is 32.0 Å². The molecule has 0 saturated carbocycles. The van der Waals surface area contributed by atoms with Gasteiger partial charge in [-0.2, -0.15) is 5.26 Å². The molecule has 0 aliphatic carbocycles. The van der Waals surface area contributed by atoms with E-state index in [0.717, 1.165) is 12.2 Å². The Hall–Kier alpha value is -2.27. The highest BCUT2D eigenvalue weighted by molar-refractivity contribution is 5.45. The van der Waals surface area contributed by atoms with Crippen LogP contribution in [-0.2, 0) is 0 Å². The topological polar surface area (TPSA) is 33.0 Å². The Morgan fingerprint density at radius 2 is 1.79 bits per heavy atom. The molecule has 2 rings (SSSR count). The molecule has 0 aliphatic rings. The zero-order valence-corrected chi connectivity index (χ0v) is 11.3. The molecule has 0 N–H and O–H groups in total. The van der Waals surface area contributed by atoms with Crippen molar-refractivity contribution < 1.29 is 4.74 Å². The largest absolute Gasteiger partial charge is 0.456 e. The Kier molecular flexibility index (Phi) is 4.20. The third kappa shape index (κ3) is 3.14. The van der Waals surface area contributed by atoms with E-state index in [4.69, 9.17) is 10.00 Å². The van der Waals surface area contributed by atoms with Crippen molar-refractivity contribution in [2.24, 2.45) is 0 Å². The first-order valence-corrected chi connectivity index (χ1v) is 6.51. The van der Waals surface area contributed by atoms with Crippen LogP contribution >= 0.6 is 0 Å². The Morgan fingerprint density at radius 3 is 2.42 bits per heavy atom. The van der Waals surface area contributed by atoms with Crippen molar-refractivity contribution in [3.63, 3.8) is 0 Å². The number of ether oxygens (including phenoxy) is 1. The SMILES string of the molecule is CCC(C)c1ccc(Oc2ccccc2C#N)cc1. The number of nitriles is 1. The van der Waals surface area contributed by atoms with E-state index < -0.39 is 0 Å². The predicted octanol–water partition coefficient (Wildman–Crippen LogP) is 4.86. The number of benzene rings is 2. The van der Waals surface area contributed by atoms with Crippen LogP contribution in [0.1, 0.15) is 37.3 Å². The van der Waals surface area contributed by atoms with Gasteiger partial charge in [0.25, 0.3) is 0 Å². The summed E-state index contributed by atoms with van der Waals surface area (Å²) in [6.07, 6.45) is 1.12. The molecule has 2 aromatic carbocycles. The standard InChI is InChI=1S/C17H17NO/c1-3-13(2)14-8-10-16(11-9-14)19-17-7-5-4-6-15(17)12-18/h4-11,13H,3H2,1-2H3. The summed E-state index contributed by atoms with van der Waals surface area (Å²) in [6, 6.07) is 17.5. The first-order chi connectivity index (χ1) is 9.24. The van der Waals surface area contributed by atoms with Crippen LogP contribution in [-0.4, -0.2) is 0 Å². The lowest BCUT2D eigenvalue weighted by atomic mass is 9.99. The Morgan fingerprint density at radius 1 is 1.11 bits per heavy atom. The van der Waals surface area contributed by atoms with Gasteiger partial charge in [-0.15, -0.1) is 0 Å². The first-order valence-electron chi connectivity index (χ1n) is 6.51. The lowest BCUT2D eigenvalue weighted by molar-refractivity contribution is 0.480. The van der Waals surface area contributed by atoms with Crippen LogP contribution in [0.4, 0.5) is 0 Å². The van der Waals surface area contributed by atoms with Gasteiger partial charge >= 0.3 is 0 Å². The van der Waals surface area contributed by atoms with E-state index in [1.807, 2.05) is 24.3 Å². The molecule has 96 valence electrons. The van der Waals surface area contributed by atoms with Gasteiger partial charge in [-0.1, -0.05) is 38.1 Å². The van der Waals surface area contributed by atoms with Crippen LogP contribution in [0, 0.1) is 11.3 Å². The number of rotatable bonds is 4. The van der Waals surface area contributed by atoms with Crippen molar-refractivity contribution in [2.75, 3.05) is 0 Å². The highest BCUT2D eigenvalue weighted by atomic mass is 16.5. The fourth-order valence-corrected chi connectivity index (χ4v) is 1.88. The Balaban J connectivity index is 2.18. The van der Waals surface area contributed by atoms with Crippen molar-refractivity contribution in [1.82, 2.24) is 0 Å². The van der Waals surface area contributed by atoms with Crippen LogP contribution in [0.2, 0.25) is 0 Å². The number of nitrogens with zero attached hydrogens (tertiary/aromatic N) is 1. The van der Waals surface area contributed by atoms with Gasteiger partial charge < -0.3 is 4.74 Å². The molecule has 0 heterocycles. The van der Waals surface area contributed by atoms with Gasteiger partial charge in [0.1, 0.15) is 17.6 Å². The van der Waals surface area contributed by atoms with E-state index in [-0.39, 0.29) is 0 Å². The number of para-hydroxylation sites is 1. The maximum atomic E-state index is 9.02. The zero-order chi connectivity index (χ0) is 13.7. The molecule has 19 heavy (non-hydrogen) atoms. The van der Waals surface area contributed by atoms with Gasteiger partial charge in [0.05, 0.1) is 5.56 Å². The maximum absolute atomic E-state index is 9.02. The molecule has 0 radical (unpaired) electrons. The fraction of sp³-hybridized carbons (Fsp3) is 0.235. The maximum Gasteiger partial charge on any atom is 0.145 e. The summed E-state index contributed by atoms with van der Waals surface area (Å²) in [4.78, 5) is 0. The monoisotopic (exact) mass is 251 g/mol. The summed E-state index contributed by atoms with van der Waals surface area (Å²) < 4.78 is 5.75. The third-order valence-electron chi connectivity index (χ3n) is 3.30. The molecule has 0 aliphatic heterocycles. The van der Waals surface area contributed by atoms with E-state index in [9.17, 15) is 0 Å². The summed E-state index contributed by atoms with van der Waals surface area (Å²) in [5.74, 6) is 1.91. The molecule has 1 atom stereocenters. The number of hydrogen-bond donors (Lipinski definition) is 0. The van der Waals surface area contributed by atoms with Gasteiger partial charge in [0, 0.05) is 0 Å². The molecule has 2 nitrogen and oxygen atoms in total. The zero-order valence-electron chi connectivity index (χ0n) is 11.3. The van der Waals surface area contributed by atoms with E-state index >= 15 is 0 Å². The average Bonchev–Trinajstić information content (AvgIpc) is 2.48. The van der Waals surface area contributed by atoms with Crippen molar-refractivity contribution in [2.45, 2.75) is 26.2 Å². The molecule has 0 aromatic heterocycles. The van der Waals surface area contributed by atoms with Gasteiger partial charge in [0.15, 0.2) is 0 Å². The molecule has 0 fully saturated rings. The minimum atomic E-state index is 0.550. The van der Waals surface area contributed by atoms with E-state index in [1.165, 1.54) is 5.56 Å². The van der Waals surface area contributed by atoms with Crippen LogP contribution in [0.5, 0.6) is 11.5 Å². The van der Waals surface area contributed by atoms with Crippen LogP contribution in [0.15, 0.2) is 48.5 Å². The second-order valence-electron chi connectivity index (χ2n) is 4.59. The molecule has 2 heteroatoms. The highest BCUT2D eigenvalue weighted by Crippen LogP contribution is 2.27. The molecular formula is C17H17NO. The first kappa shape index (κ1) is 13.2. The second kappa shape index (κ2) is 6.06. The molecule has 0 spiro atoms. The molecule has 0 saturated heterocycles. The van der Waals surface area contributed by atoms with Crippen LogP contribution in [0.25, 0.3) is 0 Å². The normalized spacial score (nSPS) is 11.6. The van der Waals surface area contributed by atoms with E-state index in [1.54, 1.807) is 12.1 Å². The lowest BCUT2D eigenvalue weighted by Crippen LogP contribution is -1.92. The quantitative estimate of drug-likeness (QED) is 0.777. The van der Waals surface area contributed by atoms with Gasteiger partial charge in [-0.3, -0.25) is 0 Å². The van der Waals surface area contributed by atoms with Crippen LogP contribution in [0.3, 0.4) is 0 Å². The van der Waals surface area contributed by atoms with E-state index in [0.29, 0.717) is 17.2 Å². The molecule has 0 amide bonds. The minimum Gasteiger partial charge on any atom is -0.456 e. The summed E-state index contributed by atoms with van der Waals surface area (Å²) in [5, 5.41) is 9.02. The molecule has 1 unspecified atom stereocenters. The molecule has 0 bridgehead atoms. The van der Waals surface area contributed by atoms with Crippen molar-refractivity contribution in [3.05, 3.63) is 59.7 Å². The van der Waals surface area contributed by atoms with Crippen molar-refractivity contribution >= 4 is 0 Å². The lowest BCUT2D eigenvalue weighted by Gasteiger charge is -2.11. The molecule has 2 aromatic rings. The number of hydrogen-bond acceptors (Lipinski definition) is 2. The Labute approximate surface area is 114 Å². The molecular weight excluding hydrogens is 234 g/mol. The summed E-state index contributed by atoms with van der Waals surface area (Å²) in [6.45, 7) is 4.39. The van der Waals surface area contributed by atoms with Gasteiger partial charge in [-0.05, 0) is 42.2 Å². The highest BCUT2D eigenvalue weighted by Gasteiger charge is 2.05.